The number of hydrogen-bond donors (Lipinski definition) is 0. The molecule has 118 valence electrons. The quantitative estimate of drug-likeness (QED) is 0.840. The van der Waals surface area contributed by atoms with Gasteiger partial charge in [-0.2, -0.15) is 0 Å². The van der Waals surface area contributed by atoms with Crippen molar-refractivity contribution >= 4 is 0 Å². The first-order chi connectivity index (χ1) is 9.99. The highest BCUT2D eigenvalue weighted by molar-refractivity contribution is 4.93. The smallest absolute Gasteiger partial charge is 0.165 e. The lowest BCUT2D eigenvalue weighted by Crippen LogP contribution is -2.44. The van der Waals surface area contributed by atoms with Gasteiger partial charge in [0.25, 0.3) is 0 Å². The van der Waals surface area contributed by atoms with Gasteiger partial charge in [-0.15, -0.1) is 5.10 Å². The molecule has 1 aromatic heterocycles. The van der Waals surface area contributed by atoms with Gasteiger partial charge in [0.15, 0.2) is 5.82 Å². The van der Waals surface area contributed by atoms with E-state index in [0.717, 1.165) is 12.4 Å². The van der Waals surface area contributed by atoms with Gasteiger partial charge in [-0.05, 0) is 68.8 Å². The molecule has 3 rings (SSSR count). The fraction of sp³-hybridized carbons (Fsp3) is 0.938. The van der Waals surface area contributed by atoms with E-state index in [4.69, 9.17) is 0 Å². The molecule has 1 saturated carbocycles. The van der Waals surface area contributed by atoms with Crippen molar-refractivity contribution in [2.45, 2.75) is 77.8 Å². The minimum Gasteiger partial charge on any atom is -0.295 e. The molecule has 0 unspecified atom stereocenters. The van der Waals surface area contributed by atoms with Crippen LogP contribution in [0.15, 0.2) is 0 Å². The Bertz CT molecular complexity index is 462. The molecule has 2 heterocycles. The van der Waals surface area contributed by atoms with E-state index >= 15 is 0 Å². The summed E-state index contributed by atoms with van der Waals surface area (Å²) >= 11 is 0. The Morgan fingerprint density at radius 2 is 1.76 bits per heavy atom. The van der Waals surface area contributed by atoms with Crippen LogP contribution in [0.4, 0.5) is 0 Å². The fourth-order valence-electron chi connectivity index (χ4n) is 4.18. The van der Waals surface area contributed by atoms with Crippen molar-refractivity contribution in [3.05, 3.63) is 5.82 Å². The van der Waals surface area contributed by atoms with Gasteiger partial charge < -0.3 is 0 Å². The molecular formula is C16H29N5. The third kappa shape index (κ3) is 3.28. The second-order valence-corrected chi connectivity index (χ2v) is 8.05. The van der Waals surface area contributed by atoms with Crippen LogP contribution in [0.2, 0.25) is 0 Å². The topological polar surface area (TPSA) is 46.8 Å². The highest BCUT2D eigenvalue weighted by Gasteiger charge is 2.36. The summed E-state index contributed by atoms with van der Waals surface area (Å²) in [4.78, 5) is 2.59. The van der Waals surface area contributed by atoms with E-state index in [-0.39, 0.29) is 5.54 Å². The molecule has 0 radical (unpaired) electrons. The average Bonchev–Trinajstić information content (AvgIpc) is 2.88. The maximum Gasteiger partial charge on any atom is 0.165 e. The summed E-state index contributed by atoms with van der Waals surface area (Å²) in [7, 11) is 0. The Kier molecular flexibility index (Phi) is 4.04. The summed E-state index contributed by atoms with van der Waals surface area (Å²) < 4.78 is 1.98. The predicted molar refractivity (Wildman–Crippen MR) is 82.8 cm³/mol. The Morgan fingerprint density at radius 1 is 1.05 bits per heavy atom. The molecule has 1 spiro atoms. The largest absolute Gasteiger partial charge is 0.295 e. The second-order valence-electron chi connectivity index (χ2n) is 8.05. The number of nitrogens with zero attached hydrogens (tertiary/aromatic N) is 5. The van der Waals surface area contributed by atoms with Crippen molar-refractivity contribution in [2.24, 2.45) is 5.41 Å². The Morgan fingerprint density at radius 3 is 2.48 bits per heavy atom. The molecule has 5 heteroatoms. The van der Waals surface area contributed by atoms with E-state index in [0.29, 0.717) is 5.41 Å². The van der Waals surface area contributed by atoms with Crippen LogP contribution < -0.4 is 0 Å². The summed E-state index contributed by atoms with van der Waals surface area (Å²) in [5.41, 5.74) is 0.549. The van der Waals surface area contributed by atoms with Gasteiger partial charge in [0, 0.05) is 6.54 Å². The summed E-state index contributed by atoms with van der Waals surface area (Å²) in [6, 6.07) is 0. The fourth-order valence-corrected chi connectivity index (χ4v) is 4.18. The molecule has 1 aromatic rings. The van der Waals surface area contributed by atoms with Gasteiger partial charge in [0.1, 0.15) is 0 Å². The molecule has 0 amide bonds. The van der Waals surface area contributed by atoms with E-state index in [2.05, 4.69) is 41.2 Å². The minimum absolute atomic E-state index is 0.0445. The third-order valence-corrected chi connectivity index (χ3v) is 5.19. The normalized spacial score (nSPS) is 23.6. The molecule has 1 aliphatic heterocycles. The first-order valence-corrected chi connectivity index (χ1v) is 8.49. The van der Waals surface area contributed by atoms with Crippen LogP contribution in [-0.2, 0) is 12.1 Å². The maximum absolute atomic E-state index is 4.27. The molecule has 0 N–H and O–H groups in total. The van der Waals surface area contributed by atoms with Gasteiger partial charge >= 0.3 is 0 Å². The zero-order chi connectivity index (χ0) is 14.9. The van der Waals surface area contributed by atoms with Crippen LogP contribution in [0.3, 0.4) is 0 Å². The Hall–Kier alpha value is -0.970. The van der Waals surface area contributed by atoms with Crippen LogP contribution in [0, 0.1) is 5.41 Å². The number of tetrazole rings is 1. The zero-order valence-corrected chi connectivity index (χ0v) is 13.8. The van der Waals surface area contributed by atoms with Crippen LogP contribution in [0.5, 0.6) is 0 Å². The summed E-state index contributed by atoms with van der Waals surface area (Å²) in [5.74, 6) is 1.01. The molecule has 0 atom stereocenters. The monoisotopic (exact) mass is 291 g/mol. The van der Waals surface area contributed by atoms with Gasteiger partial charge in [-0.25, -0.2) is 4.68 Å². The first kappa shape index (κ1) is 14.9. The van der Waals surface area contributed by atoms with E-state index in [1.165, 1.54) is 58.0 Å². The van der Waals surface area contributed by atoms with Crippen molar-refractivity contribution in [1.82, 2.24) is 25.1 Å². The van der Waals surface area contributed by atoms with E-state index in [9.17, 15) is 0 Å². The first-order valence-electron chi connectivity index (χ1n) is 8.49. The highest BCUT2D eigenvalue weighted by Crippen LogP contribution is 2.43. The minimum atomic E-state index is -0.0445. The SMILES string of the molecule is CC(C)(C)n1nnnc1CN1CCCC2(CCCCC2)C1. The van der Waals surface area contributed by atoms with Crippen LogP contribution in [0.25, 0.3) is 0 Å². The van der Waals surface area contributed by atoms with Gasteiger partial charge in [0.2, 0.25) is 0 Å². The summed E-state index contributed by atoms with van der Waals surface area (Å²) in [6.07, 6.45) is 9.89. The average molecular weight is 291 g/mol. The lowest BCUT2D eigenvalue weighted by molar-refractivity contribution is 0.0464. The number of hydrogen-bond acceptors (Lipinski definition) is 4. The van der Waals surface area contributed by atoms with Gasteiger partial charge in [-0.1, -0.05) is 19.3 Å². The van der Waals surface area contributed by atoms with Crippen molar-refractivity contribution in [1.29, 1.82) is 0 Å². The Balaban J connectivity index is 1.69. The van der Waals surface area contributed by atoms with Gasteiger partial charge in [0.05, 0.1) is 12.1 Å². The van der Waals surface area contributed by atoms with E-state index in [1.807, 2.05) is 4.68 Å². The van der Waals surface area contributed by atoms with E-state index in [1.54, 1.807) is 0 Å². The number of likely N-dealkylation sites (tertiary alicyclic amines) is 1. The molecule has 2 aliphatic rings. The predicted octanol–water partition coefficient (Wildman–Crippen LogP) is 2.97. The molecule has 5 nitrogen and oxygen atoms in total. The molecule has 21 heavy (non-hydrogen) atoms. The van der Waals surface area contributed by atoms with Gasteiger partial charge in [-0.3, -0.25) is 4.90 Å². The summed E-state index contributed by atoms with van der Waals surface area (Å²) in [5, 5.41) is 12.4. The zero-order valence-electron chi connectivity index (χ0n) is 13.8. The number of rotatable bonds is 2. The lowest BCUT2D eigenvalue weighted by atomic mass is 9.69. The van der Waals surface area contributed by atoms with Crippen molar-refractivity contribution < 1.29 is 0 Å². The third-order valence-electron chi connectivity index (χ3n) is 5.19. The van der Waals surface area contributed by atoms with Crippen LogP contribution >= 0.6 is 0 Å². The second kappa shape index (κ2) is 5.67. The molecule has 2 fully saturated rings. The van der Waals surface area contributed by atoms with Crippen molar-refractivity contribution in [3.63, 3.8) is 0 Å². The van der Waals surface area contributed by atoms with Crippen LogP contribution in [-0.4, -0.2) is 38.2 Å². The van der Waals surface area contributed by atoms with E-state index < -0.39 is 0 Å². The number of piperidine rings is 1. The molecule has 1 saturated heterocycles. The highest BCUT2D eigenvalue weighted by atomic mass is 15.6. The maximum atomic E-state index is 4.27. The Labute approximate surface area is 128 Å². The van der Waals surface area contributed by atoms with Crippen molar-refractivity contribution in [2.75, 3.05) is 13.1 Å². The molecule has 0 aromatic carbocycles. The van der Waals surface area contributed by atoms with Crippen LogP contribution in [0.1, 0.15) is 71.5 Å². The lowest BCUT2D eigenvalue weighted by Gasteiger charge is -2.45. The number of aromatic nitrogens is 4. The molecule has 0 bridgehead atoms. The van der Waals surface area contributed by atoms with Crippen molar-refractivity contribution in [3.8, 4) is 0 Å². The summed E-state index contributed by atoms with van der Waals surface area (Å²) in [6.45, 7) is 9.80. The molecular weight excluding hydrogens is 262 g/mol. The standard InChI is InChI=1S/C16H29N5/c1-15(2,3)21-14(17-18-19-21)12-20-11-7-10-16(13-20)8-5-4-6-9-16/h4-13H2,1-3H3. The molecule has 1 aliphatic carbocycles.